The normalized spacial score (nSPS) is 22.7. The molecule has 0 saturated heterocycles. The minimum atomic E-state index is 0.206. The molecule has 3 heteroatoms. The standard InChI is InChI=1S/C17H23BrO2/c1-13-5-2-3-7-17(13)20-12-4-6-16(19)14-8-10-15(18)11-9-14/h8-11,13,17H,2-7,12H2,1H3. The Labute approximate surface area is 130 Å². The monoisotopic (exact) mass is 338 g/mol. The van der Waals surface area contributed by atoms with Gasteiger partial charge in [0.15, 0.2) is 5.78 Å². The van der Waals surface area contributed by atoms with Crippen molar-refractivity contribution in [2.24, 2.45) is 5.92 Å². The molecule has 1 aromatic rings. The first kappa shape index (κ1) is 15.7. The van der Waals surface area contributed by atoms with Crippen LogP contribution in [0.3, 0.4) is 0 Å². The molecule has 2 atom stereocenters. The summed E-state index contributed by atoms with van der Waals surface area (Å²) in [5, 5.41) is 0. The van der Waals surface area contributed by atoms with Crippen LogP contribution in [0, 0.1) is 5.92 Å². The van der Waals surface area contributed by atoms with Gasteiger partial charge in [-0.25, -0.2) is 0 Å². The van der Waals surface area contributed by atoms with Crippen LogP contribution in [-0.4, -0.2) is 18.5 Å². The highest BCUT2D eigenvalue weighted by Gasteiger charge is 2.21. The largest absolute Gasteiger partial charge is 0.378 e. The Kier molecular flexibility index (Phi) is 6.24. The molecule has 20 heavy (non-hydrogen) atoms. The first-order valence-electron chi connectivity index (χ1n) is 7.57. The molecule has 0 spiro atoms. The number of hydrogen-bond acceptors (Lipinski definition) is 2. The first-order chi connectivity index (χ1) is 9.66. The fraction of sp³-hybridized carbons (Fsp3) is 0.588. The van der Waals surface area contributed by atoms with Crippen molar-refractivity contribution >= 4 is 21.7 Å². The molecule has 1 aromatic carbocycles. The molecule has 0 heterocycles. The van der Waals surface area contributed by atoms with Gasteiger partial charge in [0.1, 0.15) is 0 Å². The van der Waals surface area contributed by atoms with Gasteiger partial charge < -0.3 is 4.74 Å². The van der Waals surface area contributed by atoms with Crippen molar-refractivity contribution in [3.8, 4) is 0 Å². The second-order valence-electron chi connectivity index (χ2n) is 5.70. The lowest BCUT2D eigenvalue weighted by atomic mass is 9.88. The Balaban J connectivity index is 1.67. The first-order valence-corrected chi connectivity index (χ1v) is 8.36. The van der Waals surface area contributed by atoms with Gasteiger partial charge in [0.2, 0.25) is 0 Å². The summed E-state index contributed by atoms with van der Waals surface area (Å²) in [4.78, 5) is 12.0. The minimum Gasteiger partial charge on any atom is -0.378 e. The van der Waals surface area contributed by atoms with Gasteiger partial charge in [0.05, 0.1) is 6.10 Å². The summed E-state index contributed by atoms with van der Waals surface area (Å²) in [5.41, 5.74) is 0.791. The average Bonchev–Trinajstić information content (AvgIpc) is 2.46. The van der Waals surface area contributed by atoms with Gasteiger partial charge in [-0.3, -0.25) is 4.79 Å². The number of Topliss-reactive ketones (excluding diaryl/α,β-unsaturated/α-hetero) is 1. The van der Waals surface area contributed by atoms with Gasteiger partial charge in [0.25, 0.3) is 0 Å². The Morgan fingerprint density at radius 3 is 2.65 bits per heavy atom. The van der Waals surface area contributed by atoms with Gasteiger partial charge in [0, 0.05) is 23.1 Å². The average molecular weight is 339 g/mol. The highest BCUT2D eigenvalue weighted by atomic mass is 79.9. The van der Waals surface area contributed by atoms with Crippen LogP contribution in [0.15, 0.2) is 28.7 Å². The van der Waals surface area contributed by atoms with E-state index in [1.807, 2.05) is 24.3 Å². The van der Waals surface area contributed by atoms with Crippen molar-refractivity contribution in [3.05, 3.63) is 34.3 Å². The molecule has 0 amide bonds. The molecule has 0 bridgehead atoms. The molecule has 0 N–H and O–H groups in total. The molecule has 1 aliphatic rings. The second kappa shape index (κ2) is 7.94. The van der Waals surface area contributed by atoms with Gasteiger partial charge >= 0.3 is 0 Å². The van der Waals surface area contributed by atoms with E-state index in [9.17, 15) is 4.79 Å². The third kappa shape index (κ3) is 4.71. The molecule has 1 aliphatic carbocycles. The zero-order valence-electron chi connectivity index (χ0n) is 12.1. The predicted molar refractivity (Wildman–Crippen MR) is 85.1 cm³/mol. The van der Waals surface area contributed by atoms with Crippen molar-refractivity contribution in [1.29, 1.82) is 0 Å². The lowest BCUT2D eigenvalue weighted by Crippen LogP contribution is -2.26. The number of rotatable bonds is 6. The number of halogens is 1. The van der Waals surface area contributed by atoms with Gasteiger partial charge in [-0.15, -0.1) is 0 Å². The van der Waals surface area contributed by atoms with Crippen molar-refractivity contribution < 1.29 is 9.53 Å². The highest BCUT2D eigenvalue weighted by Crippen LogP contribution is 2.26. The molecule has 1 saturated carbocycles. The van der Waals surface area contributed by atoms with E-state index in [4.69, 9.17) is 4.74 Å². The fourth-order valence-corrected chi connectivity index (χ4v) is 3.04. The smallest absolute Gasteiger partial charge is 0.162 e. The number of carbonyl (C=O) groups excluding carboxylic acids is 1. The fourth-order valence-electron chi connectivity index (χ4n) is 2.78. The summed E-state index contributed by atoms with van der Waals surface area (Å²) in [6.45, 7) is 2.98. The topological polar surface area (TPSA) is 26.3 Å². The summed E-state index contributed by atoms with van der Waals surface area (Å²) in [6, 6.07) is 7.56. The molecule has 2 rings (SSSR count). The van der Waals surface area contributed by atoms with Gasteiger partial charge in [-0.05, 0) is 37.3 Å². The number of benzene rings is 1. The van der Waals surface area contributed by atoms with Crippen LogP contribution in [0.25, 0.3) is 0 Å². The minimum absolute atomic E-state index is 0.206. The second-order valence-corrected chi connectivity index (χ2v) is 6.62. The van der Waals surface area contributed by atoms with Crippen LogP contribution in [0.4, 0.5) is 0 Å². The number of ketones is 1. The quantitative estimate of drug-likeness (QED) is 0.538. The molecule has 2 unspecified atom stereocenters. The Hall–Kier alpha value is -0.670. The summed E-state index contributed by atoms with van der Waals surface area (Å²) in [7, 11) is 0. The van der Waals surface area contributed by atoms with E-state index in [1.54, 1.807) is 0 Å². The van der Waals surface area contributed by atoms with E-state index >= 15 is 0 Å². The third-order valence-electron chi connectivity index (χ3n) is 4.08. The van der Waals surface area contributed by atoms with E-state index in [0.717, 1.165) is 16.5 Å². The maximum Gasteiger partial charge on any atom is 0.162 e. The number of ether oxygens (including phenoxy) is 1. The molecule has 110 valence electrons. The van der Waals surface area contributed by atoms with E-state index in [2.05, 4.69) is 22.9 Å². The SMILES string of the molecule is CC1CCCCC1OCCCC(=O)c1ccc(Br)cc1. The van der Waals surface area contributed by atoms with Gasteiger partial charge in [-0.1, -0.05) is 47.8 Å². The maximum atomic E-state index is 12.0. The third-order valence-corrected chi connectivity index (χ3v) is 4.61. The molecule has 0 aromatic heterocycles. The molecule has 2 nitrogen and oxygen atoms in total. The van der Waals surface area contributed by atoms with E-state index in [1.165, 1.54) is 25.7 Å². The van der Waals surface area contributed by atoms with Crippen LogP contribution in [0.1, 0.15) is 55.8 Å². The summed E-state index contributed by atoms with van der Waals surface area (Å²) < 4.78 is 6.94. The molecule has 0 aliphatic heterocycles. The molecule has 0 radical (unpaired) electrons. The number of carbonyl (C=O) groups is 1. The van der Waals surface area contributed by atoms with Crippen molar-refractivity contribution in [3.63, 3.8) is 0 Å². The van der Waals surface area contributed by atoms with Gasteiger partial charge in [-0.2, -0.15) is 0 Å². The lowest BCUT2D eigenvalue weighted by molar-refractivity contribution is -0.00611. The van der Waals surface area contributed by atoms with Crippen LogP contribution in [-0.2, 0) is 4.74 Å². The predicted octanol–water partition coefficient (Wildman–Crippen LogP) is 5.01. The molecular weight excluding hydrogens is 316 g/mol. The Bertz CT molecular complexity index is 427. The summed E-state index contributed by atoms with van der Waals surface area (Å²) in [5.74, 6) is 0.878. The van der Waals surface area contributed by atoms with Crippen molar-refractivity contribution in [2.75, 3.05) is 6.61 Å². The zero-order valence-corrected chi connectivity index (χ0v) is 13.7. The van der Waals surface area contributed by atoms with Crippen LogP contribution >= 0.6 is 15.9 Å². The van der Waals surface area contributed by atoms with Crippen molar-refractivity contribution in [1.82, 2.24) is 0 Å². The maximum absolute atomic E-state index is 12.0. The van der Waals surface area contributed by atoms with Crippen LogP contribution in [0.5, 0.6) is 0 Å². The van der Waals surface area contributed by atoms with E-state index < -0.39 is 0 Å². The highest BCUT2D eigenvalue weighted by molar-refractivity contribution is 9.10. The van der Waals surface area contributed by atoms with E-state index in [-0.39, 0.29) is 5.78 Å². The Morgan fingerprint density at radius 1 is 1.25 bits per heavy atom. The van der Waals surface area contributed by atoms with Crippen LogP contribution in [0.2, 0.25) is 0 Å². The summed E-state index contributed by atoms with van der Waals surface area (Å²) >= 11 is 3.38. The zero-order chi connectivity index (χ0) is 14.4. The number of hydrogen-bond donors (Lipinski definition) is 0. The lowest BCUT2D eigenvalue weighted by Gasteiger charge is -2.28. The summed E-state index contributed by atoms with van der Waals surface area (Å²) in [6.07, 6.45) is 6.88. The van der Waals surface area contributed by atoms with E-state index in [0.29, 0.717) is 25.0 Å². The Morgan fingerprint density at radius 2 is 1.95 bits per heavy atom. The molecule has 1 fully saturated rings. The van der Waals surface area contributed by atoms with Crippen LogP contribution < -0.4 is 0 Å². The molecular formula is C17H23BrO2. The van der Waals surface area contributed by atoms with Crippen molar-refractivity contribution in [2.45, 2.75) is 51.6 Å².